The fourth-order valence-corrected chi connectivity index (χ4v) is 2.94. The topological polar surface area (TPSA) is 42.9 Å². The van der Waals surface area contributed by atoms with Gasteiger partial charge in [0.05, 0.1) is 11.4 Å². The second-order valence-electron chi connectivity index (χ2n) is 5.42. The van der Waals surface area contributed by atoms with Gasteiger partial charge >= 0.3 is 0 Å². The van der Waals surface area contributed by atoms with E-state index in [0.717, 1.165) is 17.8 Å². The van der Waals surface area contributed by atoms with Crippen LogP contribution in [0.1, 0.15) is 36.2 Å². The molecule has 3 nitrogen and oxygen atoms in total. The largest absolute Gasteiger partial charge is 0.294 e. The number of aromatic nitrogens is 2. The van der Waals surface area contributed by atoms with Gasteiger partial charge in [-0.15, -0.1) is 11.8 Å². The van der Waals surface area contributed by atoms with Crippen LogP contribution >= 0.6 is 11.8 Å². The van der Waals surface area contributed by atoms with Crippen molar-refractivity contribution in [2.24, 2.45) is 0 Å². The maximum absolute atomic E-state index is 12.4. The highest BCUT2D eigenvalue weighted by Crippen LogP contribution is 2.18. The van der Waals surface area contributed by atoms with Gasteiger partial charge in [-0.1, -0.05) is 32.0 Å². The molecule has 3 rings (SSSR count). The van der Waals surface area contributed by atoms with Gasteiger partial charge in [-0.3, -0.25) is 14.8 Å². The summed E-state index contributed by atoms with van der Waals surface area (Å²) in [6.45, 7) is 4.00. The van der Waals surface area contributed by atoms with E-state index in [-0.39, 0.29) is 5.78 Å². The molecular formula is C22H24N2OS. The van der Waals surface area contributed by atoms with Gasteiger partial charge < -0.3 is 0 Å². The lowest BCUT2D eigenvalue weighted by Crippen LogP contribution is -2.02. The molecule has 0 aliphatic rings. The van der Waals surface area contributed by atoms with Crippen LogP contribution in [-0.4, -0.2) is 22.0 Å². The minimum absolute atomic E-state index is 0.115. The summed E-state index contributed by atoms with van der Waals surface area (Å²) in [6.07, 6.45) is 6.67. The van der Waals surface area contributed by atoms with Crippen molar-refractivity contribution in [1.82, 2.24) is 9.97 Å². The number of benzene rings is 1. The molecule has 3 aromatic rings. The van der Waals surface area contributed by atoms with Crippen LogP contribution in [0.3, 0.4) is 0 Å². The molecule has 0 N–H and O–H groups in total. The Morgan fingerprint density at radius 1 is 0.962 bits per heavy atom. The molecule has 0 saturated carbocycles. The van der Waals surface area contributed by atoms with E-state index >= 15 is 0 Å². The Balaban J connectivity index is 0.00000117. The number of pyridine rings is 2. The quantitative estimate of drug-likeness (QED) is 0.415. The van der Waals surface area contributed by atoms with Crippen molar-refractivity contribution in [3.05, 3.63) is 78.1 Å². The van der Waals surface area contributed by atoms with Crippen LogP contribution in [0.25, 0.3) is 11.4 Å². The van der Waals surface area contributed by atoms with Crippen molar-refractivity contribution < 1.29 is 4.79 Å². The average Bonchev–Trinajstić information content (AvgIpc) is 2.74. The van der Waals surface area contributed by atoms with Crippen LogP contribution in [0.15, 0.2) is 71.9 Å². The highest BCUT2D eigenvalue weighted by molar-refractivity contribution is 7.98. The van der Waals surface area contributed by atoms with E-state index in [1.54, 1.807) is 24.2 Å². The summed E-state index contributed by atoms with van der Waals surface area (Å²) in [5, 5.41) is 0. The van der Waals surface area contributed by atoms with E-state index in [2.05, 4.69) is 34.4 Å². The minimum Gasteiger partial charge on any atom is -0.294 e. The van der Waals surface area contributed by atoms with Gasteiger partial charge in [0.15, 0.2) is 5.78 Å². The first-order valence-electron chi connectivity index (χ1n) is 8.80. The number of aryl methyl sites for hydroxylation is 1. The lowest BCUT2D eigenvalue weighted by molar-refractivity contribution is 0.0982. The molecule has 4 heteroatoms. The third-order valence-electron chi connectivity index (χ3n) is 3.79. The number of nitrogens with zero attached hydrogens (tertiary/aromatic N) is 2. The van der Waals surface area contributed by atoms with Crippen molar-refractivity contribution in [2.75, 3.05) is 6.26 Å². The van der Waals surface area contributed by atoms with Crippen LogP contribution in [0.5, 0.6) is 0 Å². The molecule has 0 bridgehead atoms. The summed E-state index contributed by atoms with van der Waals surface area (Å²) in [4.78, 5) is 22.2. The summed E-state index contributed by atoms with van der Waals surface area (Å²) >= 11 is 1.71. The lowest BCUT2D eigenvalue weighted by Gasteiger charge is -2.05. The van der Waals surface area contributed by atoms with E-state index in [1.165, 1.54) is 10.5 Å². The summed E-state index contributed by atoms with van der Waals surface area (Å²) in [5.41, 5.74) is 3.43. The molecule has 0 radical (unpaired) electrons. The maximum atomic E-state index is 12.4. The number of hydrogen-bond acceptors (Lipinski definition) is 4. The van der Waals surface area contributed by atoms with Crippen LogP contribution in [-0.2, 0) is 6.42 Å². The Hall–Kier alpha value is -2.46. The third-order valence-corrected chi connectivity index (χ3v) is 4.51. The third kappa shape index (κ3) is 5.53. The molecule has 1 aromatic carbocycles. The predicted octanol–water partition coefficient (Wildman–Crippen LogP) is 5.71. The zero-order valence-electron chi connectivity index (χ0n) is 15.5. The van der Waals surface area contributed by atoms with Crippen LogP contribution in [0.2, 0.25) is 0 Å². The van der Waals surface area contributed by atoms with E-state index < -0.39 is 0 Å². The van der Waals surface area contributed by atoms with Crippen molar-refractivity contribution in [3.8, 4) is 11.4 Å². The zero-order valence-corrected chi connectivity index (χ0v) is 16.3. The number of Topliss-reactive ketones (excluding diaryl/α,β-unsaturated/α-hetero) is 1. The molecule has 26 heavy (non-hydrogen) atoms. The molecule has 2 aromatic heterocycles. The van der Waals surface area contributed by atoms with Gasteiger partial charge in [-0.25, -0.2) is 0 Å². The number of rotatable bonds is 6. The molecule has 2 heterocycles. The summed E-state index contributed by atoms with van der Waals surface area (Å²) in [7, 11) is 0. The Morgan fingerprint density at radius 2 is 1.77 bits per heavy atom. The fourth-order valence-electron chi connectivity index (χ4n) is 2.45. The average molecular weight is 365 g/mol. The molecule has 0 atom stereocenters. The first kappa shape index (κ1) is 19.9. The van der Waals surface area contributed by atoms with Crippen LogP contribution in [0.4, 0.5) is 0 Å². The van der Waals surface area contributed by atoms with Gasteiger partial charge in [0.1, 0.15) is 0 Å². The van der Waals surface area contributed by atoms with E-state index in [4.69, 9.17) is 0 Å². The van der Waals surface area contributed by atoms with Gasteiger partial charge in [-0.2, -0.15) is 0 Å². The molecule has 0 aliphatic carbocycles. The Kier molecular flexibility index (Phi) is 8.03. The molecule has 0 amide bonds. The van der Waals surface area contributed by atoms with Crippen molar-refractivity contribution >= 4 is 17.5 Å². The Bertz CT molecular complexity index is 817. The molecule has 0 unspecified atom stereocenters. The molecule has 0 spiro atoms. The normalized spacial score (nSPS) is 9.96. The number of carbonyl (C=O) groups excluding carboxylic acids is 1. The summed E-state index contributed by atoms with van der Waals surface area (Å²) < 4.78 is 0. The molecule has 0 fully saturated rings. The number of thioether (sulfide) groups is 1. The van der Waals surface area contributed by atoms with Crippen LogP contribution in [0, 0.1) is 0 Å². The highest BCUT2D eigenvalue weighted by atomic mass is 32.2. The van der Waals surface area contributed by atoms with E-state index in [9.17, 15) is 4.79 Å². The molecule has 0 aliphatic heterocycles. The first-order valence-corrected chi connectivity index (χ1v) is 10.0. The number of hydrogen-bond donors (Lipinski definition) is 0. The van der Waals surface area contributed by atoms with Gasteiger partial charge in [0.2, 0.25) is 0 Å². The Labute approximate surface area is 159 Å². The monoisotopic (exact) mass is 364 g/mol. The SMILES string of the molecule is CC.CSc1cccc(CCC(=O)c2ccc(-c3ccccn3)nc2)c1. The highest BCUT2D eigenvalue weighted by Gasteiger charge is 2.08. The van der Waals surface area contributed by atoms with Gasteiger partial charge in [0.25, 0.3) is 0 Å². The smallest absolute Gasteiger partial charge is 0.164 e. The van der Waals surface area contributed by atoms with E-state index in [1.807, 2.05) is 50.2 Å². The summed E-state index contributed by atoms with van der Waals surface area (Å²) in [5.74, 6) is 0.115. The second kappa shape index (κ2) is 10.5. The predicted molar refractivity (Wildman–Crippen MR) is 110 cm³/mol. The summed E-state index contributed by atoms with van der Waals surface area (Å²) in [6, 6.07) is 17.7. The number of carbonyl (C=O) groups is 1. The molecule has 0 saturated heterocycles. The number of ketones is 1. The van der Waals surface area contributed by atoms with Crippen molar-refractivity contribution in [1.29, 1.82) is 0 Å². The van der Waals surface area contributed by atoms with Crippen molar-refractivity contribution in [2.45, 2.75) is 31.6 Å². The van der Waals surface area contributed by atoms with Crippen molar-refractivity contribution in [3.63, 3.8) is 0 Å². The lowest BCUT2D eigenvalue weighted by atomic mass is 10.0. The molecular weight excluding hydrogens is 340 g/mol. The van der Waals surface area contributed by atoms with Crippen LogP contribution < -0.4 is 0 Å². The van der Waals surface area contributed by atoms with E-state index in [0.29, 0.717) is 12.0 Å². The Morgan fingerprint density at radius 3 is 2.42 bits per heavy atom. The standard InChI is InChI=1S/C20H18N2OS.C2H6/c1-24-17-6-4-5-15(13-17)8-11-20(23)16-9-10-19(22-14-16)18-7-2-3-12-21-18;1-2/h2-7,9-10,12-14H,8,11H2,1H3;1-2H3. The zero-order chi connectivity index (χ0) is 18.8. The van der Waals surface area contributed by atoms with Gasteiger partial charge in [-0.05, 0) is 54.6 Å². The second-order valence-corrected chi connectivity index (χ2v) is 6.30. The maximum Gasteiger partial charge on any atom is 0.164 e. The minimum atomic E-state index is 0.115. The molecule has 134 valence electrons. The fraction of sp³-hybridized carbons (Fsp3) is 0.227. The van der Waals surface area contributed by atoms with Gasteiger partial charge in [0, 0.05) is 29.3 Å². The first-order chi connectivity index (χ1) is 12.8.